The van der Waals surface area contributed by atoms with Crippen LogP contribution in [0.1, 0.15) is 37.7 Å². The van der Waals surface area contributed by atoms with E-state index in [1.807, 2.05) is 17.9 Å². The fourth-order valence-electron chi connectivity index (χ4n) is 2.47. The molecule has 1 aliphatic rings. The van der Waals surface area contributed by atoms with E-state index in [4.69, 9.17) is 5.73 Å². The SMILES string of the molecule is CC(CC(=O)N1CCC(N)CC1)c1cccc(F)c1. The number of hydrogen-bond donors (Lipinski definition) is 1. The lowest BCUT2D eigenvalue weighted by Gasteiger charge is -2.31. The molecule has 0 aromatic heterocycles. The minimum atomic E-state index is -0.249. The second-order valence-electron chi connectivity index (χ2n) is 5.38. The molecule has 1 aliphatic heterocycles. The topological polar surface area (TPSA) is 46.3 Å². The number of benzene rings is 1. The lowest BCUT2D eigenvalue weighted by Crippen LogP contribution is -2.43. The molecule has 0 spiro atoms. The zero-order valence-electron chi connectivity index (χ0n) is 11.3. The minimum absolute atomic E-state index is 0.0406. The largest absolute Gasteiger partial charge is 0.343 e. The first-order valence-corrected chi connectivity index (χ1v) is 6.85. The van der Waals surface area contributed by atoms with E-state index >= 15 is 0 Å². The van der Waals surface area contributed by atoms with E-state index in [1.54, 1.807) is 6.07 Å². The predicted octanol–water partition coefficient (Wildman–Crippen LogP) is 2.27. The summed E-state index contributed by atoms with van der Waals surface area (Å²) in [7, 11) is 0. The van der Waals surface area contributed by atoms with E-state index in [2.05, 4.69) is 0 Å². The Bertz CT molecular complexity index is 442. The molecule has 0 bridgehead atoms. The molecule has 1 heterocycles. The zero-order valence-corrected chi connectivity index (χ0v) is 11.3. The van der Waals surface area contributed by atoms with Gasteiger partial charge in [0.1, 0.15) is 5.82 Å². The number of rotatable bonds is 3. The molecule has 1 atom stereocenters. The predicted molar refractivity (Wildman–Crippen MR) is 73.2 cm³/mol. The maximum absolute atomic E-state index is 13.2. The van der Waals surface area contributed by atoms with E-state index in [1.165, 1.54) is 12.1 Å². The van der Waals surface area contributed by atoms with Crippen LogP contribution in [0.3, 0.4) is 0 Å². The Hall–Kier alpha value is -1.42. The summed E-state index contributed by atoms with van der Waals surface area (Å²) in [6.07, 6.45) is 2.18. The van der Waals surface area contributed by atoms with Gasteiger partial charge in [0, 0.05) is 25.6 Å². The van der Waals surface area contributed by atoms with Gasteiger partial charge >= 0.3 is 0 Å². The van der Waals surface area contributed by atoms with Crippen LogP contribution >= 0.6 is 0 Å². The Kier molecular flexibility index (Phi) is 4.53. The highest BCUT2D eigenvalue weighted by atomic mass is 19.1. The zero-order chi connectivity index (χ0) is 13.8. The van der Waals surface area contributed by atoms with Crippen molar-refractivity contribution in [2.75, 3.05) is 13.1 Å². The van der Waals surface area contributed by atoms with Crippen LogP contribution in [0, 0.1) is 5.82 Å². The van der Waals surface area contributed by atoms with Crippen LogP contribution in [-0.2, 0) is 4.79 Å². The van der Waals surface area contributed by atoms with Gasteiger partial charge in [0.25, 0.3) is 0 Å². The molecule has 0 radical (unpaired) electrons. The van der Waals surface area contributed by atoms with Gasteiger partial charge in [0.2, 0.25) is 5.91 Å². The third-order valence-corrected chi connectivity index (χ3v) is 3.79. The Morgan fingerprint density at radius 1 is 1.47 bits per heavy atom. The molecule has 0 aliphatic carbocycles. The maximum Gasteiger partial charge on any atom is 0.223 e. The van der Waals surface area contributed by atoms with Crippen LogP contribution in [0.2, 0.25) is 0 Å². The van der Waals surface area contributed by atoms with Crippen molar-refractivity contribution in [1.29, 1.82) is 0 Å². The molecule has 1 amide bonds. The average molecular weight is 264 g/mol. The van der Waals surface area contributed by atoms with Gasteiger partial charge in [-0.1, -0.05) is 19.1 Å². The third kappa shape index (κ3) is 3.77. The lowest BCUT2D eigenvalue weighted by atomic mass is 9.96. The first kappa shape index (κ1) is 14.0. The van der Waals surface area contributed by atoms with Crippen LogP contribution in [-0.4, -0.2) is 29.9 Å². The summed E-state index contributed by atoms with van der Waals surface area (Å²) in [4.78, 5) is 14.0. The highest BCUT2D eigenvalue weighted by Crippen LogP contribution is 2.21. The normalized spacial score (nSPS) is 18.4. The molecular formula is C15H21FN2O. The lowest BCUT2D eigenvalue weighted by molar-refractivity contribution is -0.132. The number of carbonyl (C=O) groups is 1. The number of nitrogens with two attached hydrogens (primary N) is 1. The fraction of sp³-hybridized carbons (Fsp3) is 0.533. The van der Waals surface area contributed by atoms with Gasteiger partial charge < -0.3 is 10.6 Å². The first-order chi connectivity index (χ1) is 9.06. The van der Waals surface area contributed by atoms with Crippen LogP contribution in [0.15, 0.2) is 24.3 Å². The molecule has 3 nitrogen and oxygen atoms in total. The molecule has 1 unspecified atom stereocenters. The molecule has 2 N–H and O–H groups in total. The highest BCUT2D eigenvalue weighted by molar-refractivity contribution is 5.77. The highest BCUT2D eigenvalue weighted by Gasteiger charge is 2.22. The fourth-order valence-corrected chi connectivity index (χ4v) is 2.47. The van der Waals surface area contributed by atoms with Crippen molar-refractivity contribution >= 4 is 5.91 Å². The molecule has 1 saturated heterocycles. The summed E-state index contributed by atoms with van der Waals surface area (Å²) >= 11 is 0. The molecular weight excluding hydrogens is 243 g/mol. The number of halogens is 1. The van der Waals surface area contributed by atoms with Gasteiger partial charge in [-0.3, -0.25) is 4.79 Å². The summed E-state index contributed by atoms with van der Waals surface area (Å²) in [5.74, 6) is -0.0665. The van der Waals surface area contributed by atoms with Gasteiger partial charge in [-0.2, -0.15) is 0 Å². The molecule has 0 saturated carbocycles. The van der Waals surface area contributed by atoms with Crippen molar-refractivity contribution in [1.82, 2.24) is 4.90 Å². The Morgan fingerprint density at radius 2 is 2.16 bits per heavy atom. The number of likely N-dealkylation sites (tertiary alicyclic amines) is 1. The minimum Gasteiger partial charge on any atom is -0.343 e. The van der Waals surface area contributed by atoms with Crippen LogP contribution < -0.4 is 5.73 Å². The van der Waals surface area contributed by atoms with Crippen LogP contribution in [0.4, 0.5) is 4.39 Å². The van der Waals surface area contributed by atoms with Crippen LogP contribution in [0.5, 0.6) is 0 Å². The van der Waals surface area contributed by atoms with E-state index in [0.29, 0.717) is 6.42 Å². The van der Waals surface area contributed by atoms with Gasteiger partial charge in [0.05, 0.1) is 0 Å². The van der Waals surface area contributed by atoms with Gasteiger partial charge in [0.15, 0.2) is 0 Å². The van der Waals surface area contributed by atoms with Gasteiger partial charge in [-0.15, -0.1) is 0 Å². The number of carbonyl (C=O) groups excluding carboxylic acids is 1. The van der Waals surface area contributed by atoms with Gasteiger partial charge in [-0.25, -0.2) is 4.39 Å². The van der Waals surface area contributed by atoms with Crippen molar-refractivity contribution in [2.45, 2.75) is 38.1 Å². The van der Waals surface area contributed by atoms with E-state index in [9.17, 15) is 9.18 Å². The van der Waals surface area contributed by atoms with Crippen molar-refractivity contribution in [3.8, 4) is 0 Å². The maximum atomic E-state index is 13.2. The second kappa shape index (κ2) is 6.15. The summed E-state index contributed by atoms with van der Waals surface area (Å²) in [5.41, 5.74) is 6.70. The Labute approximate surface area is 113 Å². The third-order valence-electron chi connectivity index (χ3n) is 3.79. The Balaban J connectivity index is 1.91. The molecule has 2 rings (SSSR count). The van der Waals surface area contributed by atoms with Crippen LogP contribution in [0.25, 0.3) is 0 Å². The monoisotopic (exact) mass is 264 g/mol. The van der Waals surface area contributed by atoms with Gasteiger partial charge in [-0.05, 0) is 36.5 Å². The number of nitrogens with zero attached hydrogens (tertiary/aromatic N) is 1. The molecule has 19 heavy (non-hydrogen) atoms. The standard InChI is InChI=1S/C15H21FN2O/c1-11(12-3-2-4-13(16)10-12)9-15(19)18-7-5-14(17)6-8-18/h2-4,10-11,14H,5-9,17H2,1H3. The smallest absolute Gasteiger partial charge is 0.223 e. The van der Waals surface area contributed by atoms with E-state index in [0.717, 1.165) is 31.5 Å². The first-order valence-electron chi connectivity index (χ1n) is 6.85. The summed E-state index contributed by atoms with van der Waals surface area (Å²) in [5, 5.41) is 0. The van der Waals surface area contributed by atoms with E-state index in [-0.39, 0.29) is 23.7 Å². The van der Waals surface area contributed by atoms with Crippen molar-refractivity contribution in [2.24, 2.45) is 5.73 Å². The quantitative estimate of drug-likeness (QED) is 0.910. The van der Waals surface area contributed by atoms with E-state index < -0.39 is 0 Å². The second-order valence-corrected chi connectivity index (χ2v) is 5.38. The number of hydrogen-bond acceptors (Lipinski definition) is 2. The number of amides is 1. The number of piperidine rings is 1. The van der Waals surface area contributed by atoms with Crippen molar-refractivity contribution < 1.29 is 9.18 Å². The molecule has 1 fully saturated rings. The molecule has 4 heteroatoms. The molecule has 1 aromatic rings. The van der Waals surface area contributed by atoms with Crippen molar-refractivity contribution in [3.05, 3.63) is 35.6 Å². The summed E-state index contributed by atoms with van der Waals surface area (Å²) in [6.45, 7) is 3.45. The molecule has 104 valence electrons. The average Bonchev–Trinajstić information content (AvgIpc) is 2.39. The summed E-state index contributed by atoms with van der Waals surface area (Å²) in [6, 6.07) is 6.71. The van der Waals surface area contributed by atoms with Crippen molar-refractivity contribution in [3.63, 3.8) is 0 Å². The molecule has 1 aromatic carbocycles. The Morgan fingerprint density at radius 3 is 2.79 bits per heavy atom. The summed E-state index contributed by atoms with van der Waals surface area (Å²) < 4.78 is 13.2.